The first kappa shape index (κ1) is 20.9. The molecule has 0 atom stereocenters. The Morgan fingerprint density at radius 3 is 2.46 bits per heavy atom. The molecule has 0 bridgehead atoms. The standard InChI is InChI=1S/C16H25N3O3S.ClH/c1-12-3-4-15(13(2)11-12)23(21,22)19-9-5-14(6-10-19)16(20)18-8-7-17;/h3-4,11,14H,5-10,17H2,1-2H3,(H,18,20);1H. The lowest BCUT2D eigenvalue weighted by atomic mass is 9.97. The number of hydrogen-bond donors (Lipinski definition) is 2. The van der Waals surface area contributed by atoms with Gasteiger partial charge in [0.05, 0.1) is 4.90 Å². The van der Waals surface area contributed by atoms with Crippen molar-refractivity contribution in [3.05, 3.63) is 29.3 Å². The van der Waals surface area contributed by atoms with Crippen molar-refractivity contribution in [2.75, 3.05) is 26.2 Å². The Hall–Kier alpha value is -1.15. The summed E-state index contributed by atoms with van der Waals surface area (Å²) in [5, 5.41) is 2.77. The number of nitrogens with one attached hydrogen (secondary N) is 1. The smallest absolute Gasteiger partial charge is 0.243 e. The topological polar surface area (TPSA) is 92.5 Å². The molecule has 136 valence electrons. The quantitative estimate of drug-likeness (QED) is 0.808. The highest BCUT2D eigenvalue weighted by Gasteiger charge is 2.32. The minimum atomic E-state index is -3.49. The highest BCUT2D eigenvalue weighted by Crippen LogP contribution is 2.26. The zero-order chi connectivity index (χ0) is 17.0. The van der Waals surface area contributed by atoms with Crippen LogP contribution in [0, 0.1) is 19.8 Å². The number of benzene rings is 1. The molecule has 2 rings (SSSR count). The van der Waals surface area contributed by atoms with E-state index in [9.17, 15) is 13.2 Å². The number of rotatable bonds is 5. The van der Waals surface area contributed by atoms with Gasteiger partial charge in [-0.05, 0) is 38.3 Å². The molecular formula is C16H26ClN3O3S. The Kier molecular flexibility index (Phi) is 7.66. The maximum atomic E-state index is 12.8. The molecule has 1 aliphatic heterocycles. The molecule has 0 aromatic heterocycles. The largest absolute Gasteiger partial charge is 0.355 e. The number of halogens is 1. The Morgan fingerprint density at radius 1 is 1.29 bits per heavy atom. The van der Waals surface area contributed by atoms with E-state index in [2.05, 4.69) is 5.32 Å². The van der Waals surface area contributed by atoms with Crippen LogP contribution in [0.5, 0.6) is 0 Å². The van der Waals surface area contributed by atoms with Gasteiger partial charge in [-0.2, -0.15) is 4.31 Å². The number of hydrogen-bond acceptors (Lipinski definition) is 4. The molecular weight excluding hydrogens is 350 g/mol. The molecule has 24 heavy (non-hydrogen) atoms. The normalized spacial score (nSPS) is 16.5. The molecule has 1 aliphatic rings. The van der Waals surface area contributed by atoms with E-state index in [1.165, 1.54) is 4.31 Å². The number of piperidine rings is 1. The molecule has 0 unspecified atom stereocenters. The number of carbonyl (C=O) groups excluding carboxylic acids is 1. The second-order valence-electron chi connectivity index (χ2n) is 6.03. The first-order chi connectivity index (χ1) is 10.9. The fourth-order valence-electron chi connectivity index (χ4n) is 2.93. The maximum Gasteiger partial charge on any atom is 0.243 e. The molecule has 1 amide bonds. The molecule has 0 aliphatic carbocycles. The van der Waals surface area contributed by atoms with Gasteiger partial charge in [-0.3, -0.25) is 4.79 Å². The number of amides is 1. The first-order valence-electron chi connectivity index (χ1n) is 7.91. The van der Waals surface area contributed by atoms with Crippen molar-refractivity contribution < 1.29 is 13.2 Å². The third kappa shape index (κ3) is 4.69. The molecule has 8 heteroatoms. The molecule has 6 nitrogen and oxygen atoms in total. The summed E-state index contributed by atoms with van der Waals surface area (Å²) in [6, 6.07) is 5.35. The highest BCUT2D eigenvalue weighted by molar-refractivity contribution is 7.89. The fourth-order valence-corrected chi connectivity index (χ4v) is 4.60. The van der Waals surface area contributed by atoms with Crippen molar-refractivity contribution in [1.29, 1.82) is 0 Å². The van der Waals surface area contributed by atoms with E-state index in [4.69, 9.17) is 5.73 Å². The van der Waals surface area contributed by atoms with Gasteiger partial charge in [-0.25, -0.2) is 8.42 Å². The van der Waals surface area contributed by atoms with Crippen LogP contribution < -0.4 is 11.1 Å². The van der Waals surface area contributed by atoms with Crippen molar-refractivity contribution in [2.45, 2.75) is 31.6 Å². The van der Waals surface area contributed by atoms with Crippen LogP contribution >= 0.6 is 12.4 Å². The summed E-state index contributed by atoms with van der Waals surface area (Å²) in [6.45, 7) is 5.36. The Morgan fingerprint density at radius 2 is 1.92 bits per heavy atom. The van der Waals surface area contributed by atoms with Gasteiger partial charge >= 0.3 is 0 Å². The van der Waals surface area contributed by atoms with Crippen molar-refractivity contribution in [1.82, 2.24) is 9.62 Å². The number of carbonyl (C=O) groups is 1. The lowest BCUT2D eigenvalue weighted by Crippen LogP contribution is -2.43. The van der Waals surface area contributed by atoms with E-state index in [-0.39, 0.29) is 24.2 Å². The first-order valence-corrected chi connectivity index (χ1v) is 9.35. The zero-order valence-corrected chi connectivity index (χ0v) is 15.8. The van der Waals surface area contributed by atoms with Crippen molar-refractivity contribution in [3.63, 3.8) is 0 Å². The minimum absolute atomic E-state index is 0. The van der Waals surface area contributed by atoms with E-state index >= 15 is 0 Å². The molecule has 0 radical (unpaired) electrons. The number of sulfonamides is 1. The van der Waals surface area contributed by atoms with Gasteiger partial charge in [0.1, 0.15) is 0 Å². The van der Waals surface area contributed by atoms with Gasteiger partial charge < -0.3 is 11.1 Å². The Bertz CT molecular complexity index is 671. The van der Waals surface area contributed by atoms with Crippen molar-refractivity contribution >= 4 is 28.3 Å². The van der Waals surface area contributed by atoms with E-state index in [1.54, 1.807) is 6.07 Å². The molecule has 1 aromatic carbocycles. The maximum absolute atomic E-state index is 12.8. The summed E-state index contributed by atoms with van der Waals surface area (Å²) in [6.07, 6.45) is 1.08. The van der Waals surface area contributed by atoms with Gasteiger partial charge in [-0.1, -0.05) is 17.7 Å². The van der Waals surface area contributed by atoms with Crippen LogP contribution in [0.15, 0.2) is 23.1 Å². The van der Waals surface area contributed by atoms with Crippen LogP contribution in [0.1, 0.15) is 24.0 Å². The van der Waals surface area contributed by atoms with E-state index in [0.717, 1.165) is 11.1 Å². The summed E-state index contributed by atoms with van der Waals surface area (Å²) in [4.78, 5) is 12.3. The Labute approximate surface area is 150 Å². The molecule has 0 saturated carbocycles. The molecule has 1 fully saturated rings. The predicted octanol–water partition coefficient (Wildman–Crippen LogP) is 1.20. The molecule has 1 aromatic rings. The van der Waals surface area contributed by atoms with Gasteiger partial charge in [0.15, 0.2) is 0 Å². The average Bonchev–Trinajstić information content (AvgIpc) is 2.52. The second kappa shape index (κ2) is 8.80. The predicted molar refractivity (Wildman–Crippen MR) is 96.7 cm³/mol. The molecule has 0 spiro atoms. The molecule has 1 saturated heterocycles. The van der Waals surface area contributed by atoms with Gasteiger partial charge in [0.2, 0.25) is 15.9 Å². The van der Waals surface area contributed by atoms with Crippen LogP contribution in [0.2, 0.25) is 0 Å². The Balaban J connectivity index is 0.00000288. The lowest BCUT2D eigenvalue weighted by Gasteiger charge is -2.31. The molecule has 1 heterocycles. The summed E-state index contributed by atoms with van der Waals surface area (Å²) in [5.41, 5.74) is 7.17. The summed E-state index contributed by atoms with van der Waals surface area (Å²) < 4.78 is 27.0. The third-order valence-corrected chi connectivity index (χ3v) is 6.28. The van der Waals surface area contributed by atoms with E-state index in [1.807, 2.05) is 26.0 Å². The number of aryl methyl sites for hydroxylation is 2. The van der Waals surface area contributed by atoms with Crippen molar-refractivity contribution in [3.8, 4) is 0 Å². The van der Waals surface area contributed by atoms with Gasteiger partial charge in [0.25, 0.3) is 0 Å². The average molecular weight is 376 g/mol. The van der Waals surface area contributed by atoms with Crippen LogP contribution in [0.25, 0.3) is 0 Å². The van der Waals surface area contributed by atoms with Crippen molar-refractivity contribution in [2.24, 2.45) is 11.7 Å². The summed E-state index contributed by atoms with van der Waals surface area (Å²) in [5.74, 6) is -0.161. The van der Waals surface area contributed by atoms with Gasteiger partial charge in [0, 0.05) is 32.1 Å². The van der Waals surface area contributed by atoms with Gasteiger partial charge in [-0.15, -0.1) is 12.4 Å². The van der Waals surface area contributed by atoms with Crippen LogP contribution in [0.4, 0.5) is 0 Å². The van der Waals surface area contributed by atoms with E-state index < -0.39 is 10.0 Å². The molecule has 3 N–H and O–H groups in total. The van der Waals surface area contributed by atoms with Crippen LogP contribution in [-0.2, 0) is 14.8 Å². The minimum Gasteiger partial charge on any atom is -0.355 e. The highest BCUT2D eigenvalue weighted by atomic mass is 35.5. The lowest BCUT2D eigenvalue weighted by molar-refractivity contribution is -0.126. The summed E-state index contributed by atoms with van der Waals surface area (Å²) in [7, 11) is -3.49. The second-order valence-corrected chi connectivity index (χ2v) is 7.93. The monoisotopic (exact) mass is 375 g/mol. The van der Waals surface area contributed by atoms with E-state index in [0.29, 0.717) is 43.9 Å². The third-order valence-electron chi connectivity index (χ3n) is 4.22. The van der Waals surface area contributed by atoms with Crippen LogP contribution in [0.3, 0.4) is 0 Å². The summed E-state index contributed by atoms with van der Waals surface area (Å²) >= 11 is 0. The SMILES string of the molecule is Cc1ccc(S(=O)(=O)N2CCC(C(=O)NCCN)CC2)c(C)c1.Cl. The number of nitrogens with zero attached hydrogens (tertiary/aromatic N) is 1. The number of nitrogens with two attached hydrogens (primary N) is 1. The van der Waals surface area contributed by atoms with Crippen LogP contribution in [-0.4, -0.2) is 44.8 Å². The fraction of sp³-hybridized carbons (Fsp3) is 0.562. The zero-order valence-electron chi connectivity index (χ0n) is 14.1.